The van der Waals surface area contributed by atoms with Gasteiger partial charge in [0.2, 0.25) is 5.91 Å². The lowest BCUT2D eigenvalue weighted by Crippen LogP contribution is -2.28. The summed E-state index contributed by atoms with van der Waals surface area (Å²) in [6, 6.07) is 0. The SMILES string of the molecule is CCOC(=O)c1c(NC(=O)C(C)(C)C)sc2c1CCOC2. The van der Waals surface area contributed by atoms with Gasteiger partial charge < -0.3 is 14.8 Å². The van der Waals surface area contributed by atoms with Crippen LogP contribution in [0.4, 0.5) is 5.00 Å². The average Bonchev–Trinajstić information content (AvgIpc) is 2.75. The van der Waals surface area contributed by atoms with Gasteiger partial charge in [-0.3, -0.25) is 4.79 Å². The van der Waals surface area contributed by atoms with E-state index in [2.05, 4.69) is 5.32 Å². The van der Waals surface area contributed by atoms with Crippen LogP contribution in [0.2, 0.25) is 0 Å². The molecule has 0 spiro atoms. The maximum atomic E-state index is 12.2. The first-order valence-electron chi connectivity index (χ1n) is 7.05. The number of hydrogen-bond donors (Lipinski definition) is 1. The number of anilines is 1. The zero-order valence-electron chi connectivity index (χ0n) is 12.9. The lowest BCUT2D eigenvalue weighted by molar-refractivity contribution is -0.123. The fourth-order valence-electron chi connectivity index (χ4n) is 2.03. The predicted octanol–water partition coefficient (Wildman–Crippen LogP) is 2.98. The Morgan fingerprint density at radius 3 is 2.71 bits per heavy atom. The van der Waals surface area contributed by atoms with Gasteiger partial charge in [-0.15, -0.1) is 11.3 Å². The van der Waals surface area contributed by atoms with E-state index in [1.165, 1.54) is 11.3 Å². The Morgan fingerprint density at radius 2 is 2.10 bits per heavy atom. The monoisotopic (exact) mass is 311 g/mol. The second kappa shape index (κ2) is 6.15. The number of thiophene rings is 1. The number of amides is 1. The third kappa shape index (κ3) is 3.44. The molecule has 1 aliphatic rings. The van der Waals surface area contributed by atoms with Crippen LogP contribution in [0, 0.1) is 5.41 Å². The van der Waals surface area contributed by atoms with Gasteiger partial charge in [0.15, 0.2) is 0 Å². The molecule has 1 aliphatic heterocycles. The number of carbonyl (C=O) groups is 2. The van der Waals surface area contributed by atoms with E-state index in [1.54, 1.807) is 6.92 Å². The average molecular weight is 311 g/mol. The molecule has 1 aromatic heterocycles. The minimum atomic E-state index is -0.521. The highest BCUT2D eigenvalue weighted by molar-refractivity contribution is 7.17. The highest BCUT2D eigenvalue weighted by Gasteiger charge is 2.30. The highest BCUT2D eigenvalue weighted by atomic mass is 32.1. The predicted molar refractivity (Wildman–Crippen MR) is 81.7 cm³/mol. The van der Waals surface area contributed by atoms with E-state index in [1.807, 2.05) is 20.8 Å². The van der Waals surface area contributed by atoms with Crippen molar-refractivity contribution in [3.8, 4) is 0 Å². The molecule has 0 atom stereocenters. The first-order chi connectivity index (χ1) is 9.84. The molecule has 1 amide bonds. The maximum absolute atomic E-state index is 12.2. The lowest BCUT2D eigenvalue weighted by Gasteiger charge is -2.17. The van der Waals surface area contributed by atoms with Gasteiger partial charge in [0.1, 0.15) is 5.00 Å². The van der Waals surface area contributed by atoms with E-state index < -0.39 is 5.41 Å². The molecule has 0 radical (unpaired) electrons. The molecule has 0 fully saturated rings. The summed E-state index contributed by atoms with van der Waals surface area (Å²) in [5.74, 6) is -0.492. The first kappa shape index (κ1) is 16.0. The normalized spacial score (nSPS) is 14.5. The van der Waals surface area contributed by atoms with Gasteiger partial charge in [0.05, 0.1) is 25.4 Å². The van der Waals surface area contributed by atoms with Gasteiger partial charge >= 0.3 is 5.97 Å². The fourth-order valence-corrected chi connectivity index (χ4v) is 3.20. The van der Waals surface area contributed by atoms with Crippen molar-refractivity contribution in [2.75, 3.05) is 18.5 Å². The highest BCUT2D eigenvalue weighted by Crippen LogP contribution is 2.37. The van der Waals surface area contributed by atoms with Crippen LogP contribution in [-0.4, -0.2) is 25.1 Å². The largest absolute Gasteiger partial charge is 0.462 e. The molecular formula is C15H21NO4S. The van der Waals surface area contributed by atoms with Gasteiger partial charge in [-0.2, -0.15) is 0 Å². The molecule has 2 heterocycles. The quantitative estimate of drug-likeness (QED) is 0.872. The maximum Gasteiger partial charge on any atom is 0.341 e. The lowest BCUT2D eigenvalue weighted by atomic mass is 9.95. The molecule has 1 N–H and O–H groups in total. The van der Waals surface area contributed by atoms with E-state index in [0.29, 0.717) is 36.8 Å². The summed E-state index contributed by atoms with van der Waals surface area (Å²) >= 11 is 1.40. The molecule has 5 nitrogen and oxygen atoms in total. The van der Waals surface area contributed by atoms with E-state index >= 15 is 0 Å². The Bertz CT molecular complexity index is 557. The molecule has 1 aromatic rings. The van der Waals surface area contributed by atoms with Crippen LogP contribution in [0.5, 0.6) is 0 Å². The van der Waals surface area contributed by atoms with Crippen molar-refractivity contribution in [3.63, 3.8) is 0 Å². The first-order valence-corrected chi connectivity index (χ1v) is 7.87. The van der Waals surface area contributed by atoms with Crippen molar-refractivity contribution < 1.29 is 19.1 Å². The molecule has 0 aromatic carbocycles. The molecule has 21 heavy (non-hydrogen) atoms. The third-order valence-corrected chi connectivity index (χ3v) is 4.33. The number of ether oxygens (including phenoxy) is 2. The van der Waals surface area contributed by atoms with Gasteiger partial charge in [-0.05, 0) is 18.9 Å². The van der Waals surface area contributed by atoms with Crippen molar-refractivity contribution in [2.24, 2.45) is 5.41 Å². The number of rotatable bonds is 3. The Morgan fingerprint density at radius 1 is 1.38 bits per heavy atom. The van der Waals surface area contributed by atoms with Crippen molar-refractivity contribution in [1.29, 1.82) is 0 Å². The van der Waals surface area contributed by atoms with Gasteiger partial charge in [0, 0.05) is 10.3 Å². The summed E-state index contributed by atoms with van der Waals surface area (Å²) in [6.45, 7) is 8.66. The molecule has 116 valence electrons. The molecule has 0 aliphatic carbocycles. The van der Waals surface area contributed by atoms with Crippen molar-refractivity contribution in [2.45, 2.75) is 40.7 Å². The van der Waals surface area contributed by atoms with Crippen LogP contribution >= 0.6 is 11.3 Å². The second-order valence-electron chi connectivity index (χ2n) is 5.94. The Labute approximate surface area is 128 Å². The van der Waals surface area contributed by atoms with Crippen LogP contribution in [0.1, 0.15) is 48.5 Å². The van der Waals surface area contributed by atoms with Crippen LogP contribution in [-0.2, 0) is 27.3 Å². The number of hydrogen-bond acceptors (Lipinski definition) is 5. The molecule has 0 saturated heterocycles. The second-order valence-corrected chi connectivity index (χ2v) is 7.04. The zero-order chi connectivity index (χ0) is 15.6. The van der Waals surface area contributed by atoms with Crippen LogP contribution in [0.15, 0.2) is 0 Å². The number of carbonyl (C=O) groups excluding carboxylic acids is 2. The van der Waals surface area contributed by atoms with Crippen LogP contribution in [0.25, 0.3) is 0 Å². The summed E-state index contributed by atoms with van der Waals surface area (Å²) in [4.78, 5) is 25.4. The number of esters is 1. The topological polar surface area (TPSA) is 64.6 Å². The number of fused-ring (bicyclic) bond motifs is 1. The van der Waals surface area contributed by atoms with Gasteiger partial charge in [-0.1, -0.05) is 20.8 Å². The summed E-state index contributed by atoms with van der Waals surface area (Å²) < 4.78 is 10.6. The summed E-state index contributed by atoms with van der Waals surface area (Å²) in [5.41, 5.74) is 0.930. The van der Waals surface area contributed by atoms with Crippen molar-refractivity contribution >= 4 is 28.2 Å². The van der Waals surface area contributed by atoms with Crippen molar-refractivity contribution in [1.82, 2.24) is 0 Å². The smallest absolute Gasteiger partial charge is 0.341 e. The molecule has 0 unspecified atom stereocenters. The summed E-state index contributed by atoms with van der Waals surface area (Å²) in [7, 11) is 0. The molecular weight excluding hydrogens is 290 g/mol. The van der Waals surface area contributed by atoms with E-state index in [-0.39, 0.29) is 11.9 Å². The molecule has 6 heteroatoms. The van der Waals surface area contributed by atoms with Crippen molar-refractivity contribution in [3.05, 3.63) is 16.0 Å². The van der Waals surface area contributed by atoms with E-state index in [0.717, 1.165) is 10.4 Å². The van der Waals surface area contributed by atoms with E-state index in [9.17, 15) is 9.59 Å². The third-order valence-electron chi connectivity index (χ3n) is 3.21. The number of nitrogens with one attached hydrogen (secondary N) is 1. The fraction of sp³-hybridized carbons (Fsp3) is 0.600. The zero-order valence-corrected chi connectivity index (χ0v) is 13.7. The molecule has 0 saturated carbocycles. The Kier molecular flexibility index (Phi) is 4.68. The molecule has 0 bridgehead atoms. The van der Waals surface area contributed by atoms with Crippen LogP contribution in [0.3, 0.4) is 0 Å². The summed E-state index contributed by atoms with van der Waals surface area (Å²) in [5, 5.41) is 3.44. The van der Waals surface area contributed by atoms with E-state index in [4.69, 9.17) is 9.47 Å². The van der Waals surface area contributed by atoms with Gasteiger partial charge in [-0.25, -0.2) is 4.79 Å². The standard InChI is InChI=1S/C15H21NO4S/c1-5-20-13(17)11-9-6-7-19-8-10(9)21-12(11)16-14(18)15(2,3)4/h5-8H2,1-4H3,(H,16,18). The minimum absolute atomic E-state index is 0.118. The minimum Gasteiger partial charge on any atom is -0.462 e. The van der Waals surface area contributed by atoms with Crippen LogP contribution < -0.4 is 5.32 Å². The molecule has 2 rings (SSSR count). The Balaban J connectivity index is 2.38. The van der Waals surface area contributed by atoms with Gasteiger partial charge in [0.25, 0.3) is 0 Å². The summed E-state index contributed by atoms with van der Waals surface area (Å²) in [6.07, 6.45) is 0.672. The Hall–Kier alpha value is -1.40.